The number of hydrogen-bond acceptors (Lipinski definition) is 2. The molecule has 2 aromatic rings. The fourth-order valence-electron chi connectivity index (χ4n) is 2.03. The molecule has 116 valence electrons. The molecule has 2 amide bonds. The first kappa shape index (κ1) is 16.6. The zero-order valence-corrected chi connectivity index (χ0v) is 13.9. The van der Waals surface area contributed by atoms with Crippen LogP contribution in [0.25, 0.3) is 0 Å². The van der Waals surface area contributed by atoms with Crippen LogP contribution in [-0.4, -0.2) is 23.0 Å². The lowest BCUT2D eigenvalue weighted by Gasteiger charge is -2.26. The molecular weight excluding hydrogens is 321 g/mol. The van der Waals surface area contributed by atoms with E-state index in [1.54, 1.807) is 36.5 Å². The van der Waals surface area contributed by atoms with E-state index in [1.807, 2.05) is 25.1 Å². The van der Waals surface area contributed by atoms with E-state index in [4.69, 9.17) is 23.2 Å². The number of aromatic nitrogens is 1. The maximum Gasteiger partial charge on any atom is 0.317 e. The number of nitrogens with one attached hydrogen (secondary N) is 1. The normalized spacial score (nSPS) is 11.8. The highest BCUT2D eigenvalue weighted by Crippen LogP contribution is 2.29. The third-order valence-electron chi connectivity index (χ3n) is 3.48. The molecule has 22 heavy (non-hydrogen) atoms. The molecule has 1 aromatic heterocycles. The lowest BCUT2D eigenvalue weighted by atomic mass is 10.1. The maximum absolute atomic E-state index is 12.2. The van der Waals surface area contributed by atoms with Gasteiger partial charge in [0.2, 0.25) is 0 Å². The predicted molar refractivity (Wildman–Crippen MR) is 89.1 cm³/mol. The second kappa shape index (κ2) is 7.47. The molecule has 0 radical (unpaired) electrons. The highest BCUT2D eigenvalue weighted by molar-refractivity contribution is 6.35. The Hall–Kier alpha value is -1.78. The quantitative estimate of drug-likeness (QED) is 0.904. The van der Waals surface area contributed by atoms with Crippen LogP contribution in [0, 0.1) is 0 Å². The average Bonchev–Trinajstić information content (AvgIpc) is 2.52. The van der Waals surface area contributed by atoms with Crippen LogP contribution < -0.4 is 5.32 Å². The van der Waals surface area contributed by atoms with Crippen LogP contribution in [0.1, 0.15) is 24.1 Å². The number of carbonyl (C=O) groups is 1. The summed E-state index contributed by atoms with van der Waals surface area (Å²) < 4.78 is 0. The Bertz CT molecular complexity index is 649. The van der Waals surface area contributed by atoms with Crippen molar-refractivity contribution in [1.82, 2.24) is 15.2 Å². The van der Waals surface area contributed by atoms with Gasteiger partial charge in [-0.15, -0.1) is 0 Å². The molecule has 1 aromatic carbocycles. The zero-order chi connectivity index (χ0) is 16.1. The number of rotatable bonds is 4. The first-order valence-electron chi connectivity index (χ1n) is 6.83. The van der Waals surface area contributed by atoms with Crippen molar-refractivity contribution in [1.29, 1.82) is 0 Å². The number of nitrogens with zero attached hydrogens (tertiary/aromatic N) is 2. The SMILES string of the molecule is C[C@H](c1ccc(Cl)cc1Cl)N(C)C(=O)NCc1cccnc1. The van der Waals surface area contributed by atoms with E-state index in [9.17, 15) is 4.79 Å². The van der Waals surface area contributed by atoms with Crippen molar-refractivity contribution < 1.29 is 4.79 Å². The molecule has 4 nitrogen and oxygen atoms in total. The number of urea groups is 1. The van der Waals surface area contributed by atoms with Gasteiger partial charge in [-0.1, -0.05) is 35.3 Å². The van der Waals surface area contributed by atoms with Crippen LogP contribution in [-0.2, 0) is 6.54 Å². The summed E-state index contributed by atoms with van der Waals surface area (Å²) in [6.45, 7) is 2.34. The Labute approximate surface area is 140 Å². The molecular formula is C16H17Cl2N3O. The highest BCUT2D eigenvalue weighted by Gasteiger charge is 2.19. The smallest absolute Gasteiger partial charge is 0.317 e. The molecule has 2 rings (SSSR count). The van der Waals surface area contributed by atoms with Gasteiger partial charge in [0, 0.05) is 36.0 Å². The van der Waals surface area contributed by atoms with Gasteiger partial charge in [-0.2, -0.15) is 0 Å². The summed E-state index contributed by atoms with van der Waals surface area (Å²) in [6.07, 6.45) is 3.42. The summed E-state index contributed by atoms with van der Waals surface area (Å²) in [5, 5.41) is 3.98. The Morgan fingerprint density at radius 2 is 2.14 bits per heavy atom. The topological polar surface area (TPSA) is 45.2 Å². The molecule has 6 heteroatoms. The molecule has 0 fully saturated rings. The molecule has 1 atom stereocenters. The monoisotopic (exact) mass is 337 g/mol. The number of amides is 2. The molecule has 0 spiro atoms. The van der Waals surface area contributed by atoms with E-state index >= 15 is 0 Å². The molecule has 1 N–H and O–H groups in total. The van der Waals surface area contributed by atoms with Crippen LogP contribution in [0.2, 0.25) is 10.0 Å². The second-order valence-electron chi connectivity index (χ2n) is 4.97. The number of benzene rings is 1. The largest absolute Gasteiger partial charge is 0.334 e. The van der Waals surface area contributed by atoms with Gasteiger partial charge < -0.3 is 10.2 Å². The van der Waals surface area contributed by atoms with E-state index in [1.165, 1.54) is 0 Å². The van der Waals surface area contributed by atoms with Crippen LogP contribution in [0.3, 0.4) is 0 Å². The van der Waals surface area contributed by atoms with Gasteiger partial charge in [-0.3, -0.25) is 4.98 Å². The average molecular weight is 338 g/mol. The van der Waals surface area contributed by atoms with Gasteiger partial charge in [0.15, 0.2) is 0 Å². The van der Waals surface area contributed by atoms with Crippen molar-refractivity contribution >= 4 is 29.2 Å². The first-order valence-corrected chi connectivity index (χ1v) is 7.59. The fourth-order valence-corrected chi connectivity index (χ4v) is 2.60. The Morgan fingerprint density at radius 1 is 1.36 bits per heavy atom. The number of pyridine rings is 1. The third-order valence-corrected chi connectivity index (χ3v) is 4.04. The molecule has 0 bridgehead atoms. The molecule has 0 aliphatic carbocycles. The molecule has 0 saturated carbocycles. The summed E-state index contributed by atoms with van der Waals surface area (Å²) in [4.78, 5) is 17.9. The zero-order valence-electron chi connectivity index (χ0n) is 12.4. The van der Waals surface area contributed by atoms with E-state index in [0.717, 1.165) is 11.1 Å². The van der Waals surface area contributed by atoms with Crippen LogP contribution in [0.4, 0.5) is 4.79 Å². The molecule has 0 aliphatic heterocycles. The van der Waals surface area contributed by atoms with Gasteiger partial charge in [-0.05, 0) is 36.2 Å². The minimum absolute atomic E-state index is 0.168. The van der Waals surface area contributed by atoms with E-state index in [-0.39, 0.29) is 12.1 Å². The molecule has 0 aliphatic rings. The standard InChI is InChI=1S/C16H17Cl2N3O/c1-11(14-6-5-13(17)8-15(14)18)21(2)16(22)20-10-12-4-3-7-19-9-12/h3-9,11H,10H2,1-2H3,(H,20,22)/t11-/m1/s1. The fraction of sp³-hybridized carbons (Fsp3) is 0.250. The molecule has 0 unspecified atom stereocenters. The summed E-state index contributed by atoms with van der Waals surface area (Å²) in [5.74, 6) is 0. The van der Waals surface area contributed by atoms with Crippen molar-refractivity contribution in [2.24, 2.45) is 0 Å². The van der Waals surface area contributed by atoms with Crippen molar-refractivity contribution in [2.45, 2.75) is 19.5 Å². The Morgan fingerprint density at radius 3 is 2.77 bits per heavy atom. The van der Waals surface area contributed by atoms with E-state index in [2.05, 4.69) is 10.3 Å². The van der Waals surface area contributed by atoms with Gasteiger partial charge >= 0.3 is 6.03 Å². The Kier molecular flexibility index (Phi) is 5.63. The summed E-state index contributed by atoms with van der Waals surface area (Å²) >= 11 is 12.1. The minimum atomic E-state index is -0.178. The summed E-state index contributed by atoms with van der Waals surface area (Å²) in [7, 11) is 1.73. The van der Waals surface area contributed by atoms with Crippen molar-refractivity contribution in [3.8, 4) is 0 Å². The predicted octanol–water partition coefficient (Wildman–Crippen LogP) is 4.29. The Balaban J connectivity index is 2.00. The second-order valence-corrected chi connectivity index (χ2v) is 5.82. The van der Waals surface area contributed by atoms with E-state index < -0.39 is 0 Å². The van der Waals surface area contributed by atoms with E-state index in [0.29, 0.717) is 16.6 Å². The van der Waals surface area contributed by atoms with Crippen molar-refractivity contribution in [3.05, 3.63) is 63.9 Å². The lowest BCUT2D eigenvalue weighted by molar-refractivity contribution is 0.194. The van der Waals surface area contributed by atoms with Crippen molar-refractivity contribution in [3.63, 3.8) is 0 Å². The van der Waals surface area contributed by atoms with Crippen LogP contribution in [0.5, 0.6) is 0 Å². The summed E-state index contributed by atoms with van der Waals surface area (Å²) in [5.41, 5.74) is 1.80. The van der Waals surface area contributed by atoms with Gasteiger partial charge in [-0.25, -0.2) is 4.79 Å². The number of carbonyl (C=O) groups excluding carboxylic acids is 1. The molecule has 0 saturated heterocycles. The van der Waals surface area contributed by atoms with Gasteiger partial charge in [0.05, 0.1) is 6.04 Å². The van der Waals surface area contributed by atoms with Crippen LogP contribution in [0.15, 0.2) is 42.7 Å². The lowest BCUT2D eigenvalue weighted by Crippen LogP contribution is -2.38. The summed E-state index contributed by atoms with van der Waals surface area (Å²) in [6, 6.07) is 8.67. The number of halogens is 2. The molecule has 1 heterocycles. The van der Waals surface area contributed by atoms with Gasteiger partial charge in [0.25, 0.3) is 0 Å². The van der Waals surface area contributed by atoms with Crippen molar-refractivity contribution in [2.75, 3.05) is 7.05 Å². The number of hydrogen-bond donors (Lipinski definition) is 1. The highest BCUT2D eigenvalue weighted by atomic mass is 35.5. The third kappa shape index (κ3) is 4.12. The maximum atomic E-state index is 12.2. The first-order chi connectivity index (χ1) is 10.5. The van der Waals surface area contributed by atoms with Gasteiger partial charge in [0.1, 0.15) is 0 Å². The van der Waals surface area contributed by atoms with Crippen LogP contribution >= 0.6 is 23.2 Å². The minimum Gasteiger partial charge on any atom is -0.334 e.